The quantitative estimate of drug-likeness (QED) is 0.928. The number of carboxylic acids is 1. The van der Waals surface area contributed by atoms with E-state index in [1.165, 1.54) is 11.7 Å². The maximum Gasteiger partial charge on any atom is 0.337 e. The van der Waals surface area contributed by atoms with Gasteiger partial charge in [-0.25, -0.2) is 17.6 Å². The molecule has 9 heteroatoms. The summed E-state index contributed by atoms with van der Waals surface area (Å²) in [4.78, 5) is 14.7. The lowest BCUT2D eigenvalue weighted by Crippen LogP contribution is -2.08. The topological polar surface area (TPSA) is 84.3 Å². The summed E-state index contributed by atoms with van der Waals surface area (Å²) < 4.78 is 37.8. The lowest BCUT2D eigenvalue weighted by atomic mass is 10.2. The SMILES string of the molecule is O=C(O)c1cc(S(=O)(=O)Cc2cncs2)cc(F)c1Cl. The first-order chi connectivity index (χ1) is 9.31. The maximum absolute atomic E-state index is 13.5. The van der Waals surface area contributed by atoms with Crippen LogP contribution in [0.4, 0.5) is 4.39 Å². The number of thiazole rings is 1. The Morgan fingerprint density at radius 3 is 2.70 bits per heavy atom. The van der Waals surface area contributed by atoms with Crippen molar-refractivity contribution in [3.63, 3.8) is 0 Å². The number of rotatable bonds is 4. The second-order valence-corrected chi connectivity index (χ2v) is 7.14. The molecule has 0 aliphatic rings. The van der Waals surface area contributed by atoms with E-state index in [9.17, 15) is 17.6 Å². The number of benzene rings is 1. The number of hydrogen-bond acceptors (Lipinski definition) is 5. The van der Waals surface area contributed by atoms with Crippen molar-refractivity contribution in [3.05, 3.63) is 45.1 Å². The molecule has 2 rings (SSSR count). The van der Waals surface area contributed by atoms with Crippen molar-refractivity contribution in [1.29, 1.82) is 0 Å². The Hall–Kier alpha value is -1.51. The molecule has 106 valence electrons. The molecular formula is C11H7ClFNO4S2. The largest absolute Gasteiger partial charge is 0.478 e. The van der Waals surface area contributed by atoms with E-state index < -0.39 is 37.1 Å². The number of nitrogens with zero attached hydrogens (tertiary/aromatic N) is 1. The molecule has 1 heterocycles. The van der Waals surface area contributed by atoms with Gasteiger partial charge in [0.05, 0.1) is 26.7 Å². The zero-order chi connectivity index (χ0) is 14.9. The maximum atomic E-state index is 13.5. The van der Waals surface area contributed by atoms with Gasteiger partial charge in [0.2, 0.25) is 0 Å². The van der Waals surface area contributed by atoms with Gasteiger partial charge in [-0.2, -0.15) is 0 Å². The zero-order valence-electron chi connectivity index (χ0n) is 9.71. The summed E-state index contributed by atoms with van der Waals surface area (Å²) in [6, 6.07) is 1.56. The molecule has 0 atom stereocenters. The van der Waals surface area contributed by atoms with Gasteiger partial charge in [0, 0.05) is 11.1 Å². The minimum Gasteiger partial charge on any atom is -0.478 e. The van der Waals surface area contributed by atoms with Crippen LogP contribution >= 0.6 is 22.9 Å². The number of aromatic carboxylic acids is 1. The standard InChI is InChI=1S/C11H7ClFNO4S2/c12-10-8(11(15)16)1-7(2-9(10)13)20(17,18)4-6-3-14-5-19-6/h1-3,5H,4H2,(H,15,16). The monoisotopic (exact) mass is 335 g/mol. The number of aromatic nitrogens is 1. The first-order valence-corrected chi connectivity index (χ1v) is 8.04. The van der Waals surface area contributed by atoms with Crippen molar-refractivity contribution in [2.45, 2.75) is 10.6 Å². The van der Waals surface area contributed by atoms with Crippen LogP contribution in [0.2, 0.25) is 5.02 Å². The third-order valence-electron chi connectivity index (χ3n) is 2.41. The minimum absolute atomic E-state index is 0.377. The summed E-state index contributed by atoms with van der Waals surface area (Å²) in [5.41, 5.74) is 0.880. The van der Waals surface area contributed by atoms with Crippen LogP contribution in [0.15, 0.2) is 28.7 Å². The normalized spacial score (nSPS) is 11.5. The Kier molecular flexibility index (Phi) is 4.07. The van der Waals surface area contributed by atoms with Crippen molar-refractivity contribution in [1.82, 2.24) is 4.98 Å². The third kappa shape index (κ3) is 2.97. The fraction of sp³-hybridized carbons (Fsp3) is 0.0909. The third-order valence-corrected chi connectivity index (χ3v) is 5.40. The first-order valence-electron chi connectivity index (χ1n) is 5.13. The van der Waals surface area contributed by atoms with Gasteiger partial charge < -0.3 is 5.11 Å². The number of sulfone groups is 1. The van der Waals surface area contributed by atoms with Gasteiger partial charge in [0.1, 0.15) is 5.82 Å². The van der Waals surface area contributed by atoms with Crippen LogP contribution < -0.4 is 0 Å². The molecule has 1 aromatic carbocycles. The molecule has 0 saturated heterocycles. The van der Waals surface area contributed by atoms with Crippen LogP contribution in [-0.2, 0) is 15.6 Å². The Morgan fingerprint density at radius 1 is 1.45 bits per heavy atom. The highest BCUT2D eigenvalue weighted by Gasteiger charge is 2.22. The predicted octanol–water partition coefficient (Wildman–Crippen LogP) is 2.61. The van der Waals surface area contributed by atoms with Crippen LogP contribution in [0, 0.1) is 5.82 Å². The highest BCUT2D eigenvalue weighted by atomic mass is 35.5. The summed E-state index contributed by atoms with van der Waals surface area (Å²) in [6.45, 7) is 0. The number of hydrogen-bond donors (Lipinski definition) is 1. The molecule has 0 unspecified atom stereocenters. The van der Waals surface area contributed by atoms with Crippen molar-refractivity contribution >= 4 is 38.7 Å². The van der Waals surface area contributed by atoms with Crippen LogP contribution in [-0.4, -0.2) is 24.5 Å². The Morgan fingerprint density at radius 2 is 2.15 bits per heavy atom. The Balaban J connectivity index is 2.49. The molecule has 2 aromatic rings. The van der Waals surface area contributed by atoms with Crippen molar-refractivity contribution in [2.75, 3.05) is 0 Å². The van der Waals surface area contributed by atoms with E-state index in [0.717, 1.165) is 17.4 Å². The Labute approximate surface area is 122 Å². The Bertz CT molecular complexity index is 759. The van der Waals surface area contributed by atoms with E-state index in [0.29, 0.717) is 10.9 Å². The molecule has 0 spiro atoms. The van der Waals surface area contributed by atoms with Gasteiger partial charge >= 0.3 is 5.97 Å². The van der Waals surface area contributed by atoms with E-state index in [1.54, 1.807) is 0 Å². The van der Waals surface area contributed by atoms with Crippen molar-refractivity contribution in [2.24, 2.45) is 0 Å². The first kappa shape index (κ1) is 14.9. The number of carbonyl (C=O) groups is 1. The summed E-state index contributed by atoms with van der Waals surface area (Å²) in [7, 11) is -3.87. The lowest BCUT2D eigenvalue weighted by molar-refractivity contribution is 0.0696. The predicted molar refractivity (Wildman–Crippen MR) is 71.4 cm³/mol. The second kappa shape index (κ2) is 5.47. The average molecular weight is 336 g/mol. The molecule has 0 radical (unpaired) electrons. The number of carboxylic acid groups (broad SMARTS) is 1. The van der Waals surface area contributed by atoms with Gasteiger partial charge in [-0.15, -0.1) is 11.3 Å². The van der Waals surface area contributed by atoms with Crippen LogP contribution in [0.25, 0.3) is 0 Å². The van der Waals surface area contributed by atoms with Crippen LogP contribution in [0.3, 0.4) is 0 Å². The summed E-state index contributed by atoms with van der Waals surface area (Å²) in [5, 5.41) is 8.27. The van der Waals surface area contributed by atoms with Gasteiger partial charge in [0.15, 0.2) is 9.84 Å². The van der Waals surface area contributed by atoms with E-state index in [4.69, 9.17) is 16.7 Å². The molecule has 5 nitrogen and oxygen atoms in total. The molecule has 0 bridgehead atoms. The van der Waals surface area contributed by atoms with Crippen molar-refractivity contribution in [3.8, 4) is 0 Å². The summed E-state index contributed by atoms with van der Waals surface area (Å²) in [6.07, 6.45) is 1.38. The fourth-order valence-corrected chi connectivity index (χ4v) is 3.99. The molecule has 1 N–H and O–H groups in total. The summed E-state index contributed by atoms with van der Waals surface area (Å²) >= 11 is 6.63. The average Bonchev–Trinajstić information content (AvgIpc) is 2.83. The smallest absolute Gasteiger partial charge is 0.337 e. The molecule has 0 fully saturated rings. The second-order valence-electron chi connectivity index (χ2n) is 3.80. The van der Waals surface area contributed by atoms with Gasteiger partial charge in [-0.3, -0.25) is 4.98 Å². The van der Waals surface area contributed by atoms with Gasteiger partial charge in [-0.05, 0) is 12.1 Å². The number of halogens is 2. The molecule has 20 heavy (non-hydrogen) atoms. The fourth-order valence-electron chi connectivity index (χ4n) is 1.48. The lowest BCUT2D eigenvalue weighted by Gasteiger charge is -2.06. The molecule has 1 aromatic heterocycles. The molecule has 0 aliphatic heterocycles. The van der Waals surface area contributed by atoms with Crippen LogP contribution in [0.5, 0.6) is 0 Å². The van der Waals surface area contributed by atoms with E-state index >= 15 is 0 Å². The van der Waals surface area contributed by atoms with Crippen LogP contribution in [0.1, 0.15) is 15.2 Å². The highest BCUT2D eigenvalue weighted by Crippen LogP contribution is 2.26. The van der Waals surface area contributed by atoms with Gasteiger partial charge in [-0.1, -0.05) is 11.6 Å². The van der Waals surface area contributed by atoms with E-state index in [2.05, 4.69) is 4.98 Å². The minimum atomic E-state index is -3.87. The van der Waals surface area contributed by atoms with Gasteiger partial charge in [0.25, 0.3) is 0 Å². The highest BCUT2D eigenvalue weighted by molar-refractivity contribution is 7.90. The molecular weight excluding hydrogens is 329 g/mol. The van der Waals surface area contributed by atoms with Crippen molar-refractivity contribution < 1.29 is 22.7 Å². The molecule has 0 saturated carbocycles. The molecule has 0 aliphatic carbocycles. The summed E-state index contributed by atoms with van der Waals surface area (Å²) in [5.74, 6) is -2.96. The van der Waals surface area contributed by atoms with E-state index in [1.807, 2.05) is 0 Å². The van der Waals surface area contributed by atoms with E-state index in [-0.39, 0.29) is 5.75 Å². The zero-order valence-corrected chi connectivity index (χ0v) is 12.1. The molecule has 0 amide bonds.